The van der Waals surface area contributed by atoms with E-state index >= 15 is 0 Å². The number of hydrogen-bond acceptors (Lipinski definition) is 4. The zero-order valence-corrected chi connectivity index (χ0v) is 12.5. The quantitative estimate of drug-likeness (QED) is 0.812. The van der Waals surface area contributed by atoms with Gasteiger partial charge in [-0.25, -0.2) is 0 Å². The minimum atomic E-state index is -0.167. The minimum absolute atomic E-state index is 0.0538. The van der Waals surface area contributed by atoms with Gasteiger partial charge in [-0.2, -0.15) is 5.10 Å². The normalized spacial score (nSPS) is 22.1. The van der Waals surface area contributed by atoms with E-state index in [1.807, 2.05) is 17.5 Å². The number of carbonyl (C=O) groups excluding carboxylic acids is 1. The number of hydrogen-bond donors (Lipinski definition) is 3. The molecular weight excluding hydrogens is 286 g/mol. The van der Waals surface area contributed by atoms with Crippen LogP contribution < -0.4 is 5.32 Å². The third kappa shape index (κ3) is 3.16. The fourth-order valence-corrected chi connectivity index (χ4v) is 3.55. The number of aromatic amines is 1. The molecule has 0 aliphatic heterocycles. The van der Waals surface area contributed by atoms with Crippen molar-refractivity contribution in [2.75, 3.05) is 6.61 Å². The van der Waals surface area contributed by atoms with Gasteiger partial charge in [-0.3, -0.25) is 9.89 Å². The number of thiophene rings is 1. The van der Waals surface area contributed by atoms with Crippen molar-refractivity contribution >= 4 is 17.2 Å². The van der Waals surface area contributed by atoms with Crippen molar-refractivity contribution in [3.05, 3.63) is 29.3 Å². The summed E-state index contributed by atoms with van der Waals surface area (Å²) in [5.41, 5.74) is 1.26. The first-order chi connectivity index (χ1) is 10.3. The Morgan fingerprint density at radius 3 is 3.10 bits per heavy atom. The maximum Gasteiger partial charge on any atom is 0.272 e. The second kappa shape index (κ2) is 6.41. The summed E-state index contributed by atoms with van der Waals surface area (Å²) in [5, 5.41) is 21.4. The van der Waals surface area contributed by atoms with E-state index in [1.54, 1.807) is 17.4 Å². The number of nitrogens with one attached hydrogen (secondary N) is 2. The first kappa shape index (κ1) is 14.3. The highest BCUT2D eigenvalue weighted by Gasteiger charge is 2.26. The molecule has 1 fully saturated rings. The summed E-state index contributed by atoms with van der Waals surface area (Å²) in [4.78, 5) is 13.3. The molecule has 2 aromatic heterocycles. The minimum Gasteiger partial charge on any atom is -0.396 e. The smallest absolute Gasteiger partial charge is 0.272 e. The van der Waals surface area contributed by atoms with Crippen molar-refractivity contribution in [2.45, 2.75) is 31.7 Å². The van der Waals surface area contributed by atoms with Crippen LogP contribution in [-0.2, 0) is 0 Å². The lowest BCUT2D eigenvalue weighted by Crippen LogP contribution is -2.43. The van der Waals surface area contributed by atoms with Gasteiger partial charge in [0.15, 0.2) is 5.69 Å². The van der Waals surface area contributed by atoms with Crippen LogP contribution in [0, 0.1) is 5.92 Å². The van der Waals surface area contributed by atoms with Gasteiger partial charge in [0.1, 0.15) is 0 Å². The van der Waals surface area contributed by atoms with E-state index in [0.29, 0.717) is 5.69 Å². The van der Waals surface area contributed by atoms with Gasteiger partial charge < -0.3 is 10.4 Å². The maximum absolute atomic E-state index is 12.3. The van der Waals surface area contributed by atoms with Crippen LogP contribution in [0.2, 0.25) is 0 Å². The molecule has 1 saturated carbocycles. The lowest BCUT2D eigenvalue weighted by Gasteiger charge is -2.30. The number of aromatic nitrogens is 2. The topological polar surface area (TPSA) is 78.0 Å². The van der Waals surface area contributed by atoms with E-state index < -0.39 is 0 Å². The Morgan fingerprint density at radius 2 is 2.33 bits per heavy atom. The van der Waals surface area contributed by atoms with Crippen molar-refractivity contribution < 1.29 is 9.90 Å². The molecule has 3 rings (SSSR count). The lowest BCUT2D eigenvalue weighted by atomic mass is 9.85. The average molecular weight is 305 g/mol. The van der Waals surface area contributed by atoms with Gasteiger partial charge in [0.05, 0.1) is 10.6 Å². The summed E-state index contributed by atoms with van der Waals surface area (Å²) in [6.45, 7) is 0.131. The second-order valence-corrected chi connectivity index (χ2v) is 6.40. The zero-order chi connectivity index (χ0) is 14.7. The Hall–Kier alpha value is -1.66. The van der Waals surface area contributed by atoms with Crippen molar-refractivity contribution in [3.63, 3.8) is 0 Å². The summed E-state index contributed by atoms with van der Waals surface area (Å²) in [6.07, 6.45) is 4.13. The van der Waals surface area contributed by atoms with Crippen LogP contribution in [0.15, 0.2) is 23.6 Å². The molecule has 2 heterocycles. The van der Waals surface area contributed by atoms with Crippen LogP contribution in [0.4, 0.5) is 0 Å². The Bertz CT molecular complexity index is 594. The molecule has 5 nitrogen and oxygen atoms in total. The van der Waals surface area contributed by atoms with Crippen LogP contribution in [0.1, 0.15) is 36.2 Å². The monoisotopic (exact) mass is 305 g/mol. The van der Waals surface area contributed by atoms with Gasteiger partial charge in [0, 0.05) is 18.6 Å². The standard InChI is InChI=1S/C15H19N3O2S/c19-9-10-4-1-2-5-11(10)16-15(20)13-8-12(17-18-13)14-6-3-7-21-14/h3,6-8,10-11,19H,1-2,4-5,9H2,(H,16,20)(H,17,18). The van der Waals surface area contributed by atoms with E-state index in [-0.39, 0.29) is 24.5 Å². The Morgan fingerprint density at radius 1 is 1.48 bits per heavy atom. The van der Waals surface area contributed by atoms with Gasteiger partial charge in [-0.05, 0) is 30.4 Å². The van der Waals surface area contributed by atoms with Gasteiger partial charge in [-0.15, -0.1) is 11.3 Å². The molecule has 1 aliphatic carbocycles. The molecule has 0 bridgehead atoms. The number of rotatable bonds is 4. The fourth-order valence-electron chi connectivity index (χ4n) is 2.85. The molecule has 6 heteroatoms. The van der Waals surface area contributed by atoms with E-state index in [9.17, 15) is 9.90 Å². The second-order valence-electron chi connectivity index (χ2n) is 5.45. The summed E-state index contributed by atoms with van der Waals surface area (Å²) < 4.78 is 0. The molecule has 0 aromatic carbocycles. The zero-order valence-electron chi connectivity index (χ0n) is 11.7. The number of nitrogens with zero attached hydrogens (tertiary/aromatic N) is 1. The van der Waals surface area contributed by atoms with Crippen molar-refractivity contribution in [1.29, 1.82) is 0 Å². The van der Waals surface area contributed by atoms with Gasteiger partial charge in [0.2, 0.25) is 0 Å². The number of aliphatic hydroxyl groups is 1. The fraction of sp³-hybridized carbons (Fsp3) is 0.467. The van der Waals surface area contributed by atoms with Crippen molar-refractivity contribution in [3.8, 4) is 10.6 Å². The molecular formula is C15H19N3O2S. The first-order valence-electron chi connectivity index (χ1n) is 7.29. The molecule has 2 atom stereocenters. The average Bonchev–Trinajstić information content (AvgIpc) is 3.18. The lowest BCUT2D eigenvalue weighted by molar-refractivity contribution is 0.0867. The summed E-state index contributed by atoms with van der Waals surface area (Å²) in [5.74, 6) is -0.00202. The predicted molar refractivity (Wildman–Crippen MR) is 82.2 cm³/mol. The molecule has 21 heavy (non-hydrogen) atoms. The third-order valence-electron chi connectivity index (χ3n) is 4.06. The molecule has 2 aromatic rings. The largest absolute Gasteiger partial charge is 0.396 e. The highest BCUT2D eigenvalue weighted by molar-refractivity contribution is 7.13. The van der Waals surface area contributed by atoms with Crippen LogP contribution in [0.5, 0.6) is 0 Å². The number of aliphatic hydroxyl groups excluding tert-OH is 1. The van der Waals surface area contributed by atoms with Crippen LogP contribution in [0.25, 0.3) is 10.6 Å². The SMILES string of the molecule is O=C(NC1CCCCC1CO)c1cc(-c2cccs2)[nH]n1. The molecule has 112 valence electrons. The summed E-state index contributed by atoms with van der Waals surface area (Å²) in [7, 11) is 0. The molecule has 0 radical (unpaired) electrons. The highest BCUT2D eigenvalue weighted by atomic mass is 32.1. The van der Waals surface area contributed by atoms with E-state index in [2.05, 4.69) is 15.5 Å². The molecule has 0 saturated heterocycles. The molecule has 0 spiro atoms. The molecule has 1 aliphatic rings. The highest BCUT2D eigenvalue weighted by Crippen LogP contribution is 2.25. The van der Waals surface area contributed by atoms with Crippen molar-refractivity contribution in [2.24, 2.45) is 5.92 Å². The Labute approximate surface area is 127 Å². The predicted octanol–water partition coefficient (Wildman–Crippen LogP) is 2.42. The number of amides is 1. The van der Waals surface area contributed by atoms with Crippen molar-refractivity contribution in [1.82, 2.24) is 15.5 Å². The maximum atomic E-state index is 12.3. The Kier molecular flexibility index (Phi) is 4.36. The third-order valence-corrected chi connectivity index (χ3v) is 4.96. The molecule has 1 amide bonds. The van der Waals surface area contributed by atoms with E-state index in [0.717, 1.165) is 36.3 Å². The summed E-state index contributed by atoms with van der Waals surface area (Å²) >= 11 is 1.60. The summed E-state index contributed by atoms with van der Waals surface area (Å²) in [6, 6.07) is 5.79. The Balaban J connectivity index is 1.68. The number of H-pyrrole nitrogens is 1. The van der Waals surface area contributed by atoms with Crippen LogP contribution in [-0.4, -0.2) is 33.9 Å². The first-order valence-corrected chi connectivity index (χ1v) is 8.17. The van der Waals surface area contributed by atoms with E-state index in [4.69, 9.17) is 0 Å². The molecule has 3 N–H and O–H groups in total. The van der Waals surface area contributed by atoms with E-state index in [1.165, 1.54) is 0 Å². The number of carbonyl (C=O) groups is 1. The van der Waals surface area contributed by atoms with Crippen LogP contribution >= 0.6 is 11.3 Å². The van der Waals surface area contributed by atoms with Gasteiger partial charge in [0.25, 0.3) is 5.91 Å². The van der Waals surface area contributed by atoms with Gasteiger partial charge in [-0.1, -0.05) is 18.9 Å². The van der Waals surface area contributed by atoms with Crippen LogP contribution in [0.3, 0.4) is 0 Å². The van der Waals surface area contributed by atoms with Gasteiger partial charge >= 0.3 is 0 Å². The molecule has 2 unspecified atom stereocenters.